The number of rotatable bonds is 34. The van der Waals surface area contributed by atoms with Crippen molar-refractivity contribution in [3.8, 4) is 0 Å². The van der Waals surface area contributed by atoms with Gasteiger partial charge in [0.25, 0.3) is 0 Å². The van der Waals surface area contributed by atoms with Crippen molar-refractivity contribution in [1.82, 2.24) is 0 Å². The molecule has 0 bridgehead atoms. The Morgan fingerprint density at radius 2 is 1.14 bits per heavy atom. The maximum atomic E-state index is 12.7. The van der Waals surface area contributed by atoms with Gasteiger partial charge in [0.2, 0.25) is 0 Å². The summed E-state index contributed by atoms with van der Waals surface area (Å²) >= 11 is 0. The highest BCUT2D eigenvalue weighted by atomic mass is 16.6. The molecule has 292 valence electrons. The second-order valence-corrected chi connectivity index (χ2v) is 14.1. The lowest BCUT2D eigenvalue weighted by Crippen LogP contribution is -2.50. The van der Waals surface area contributed by atoms with Crippen LogP contribution in [0.25, 0.3) is 0 Å². The molecule has 0 aliphatic heterocycles. The predicted octanol–water partition coefficient (Wildman–Crippen LogP) is 10.2. The molecule has 0 amide bonds. The molecular formula is C43H74NO7+. The summed E-state index contributed by atoms with van der Waals surface area (Å²) < 4.78 is 17.1. The monoisotopic (exact) mass is 717 g/mol. The Hall–Kier alpha value is -2.97. The number of hydrogen-bond donors (Lipinski definition) is 1. The number of hydrogen-bond acceptors (Lipinski definition) is 6. The van der Waals surface area contributed by atoms with Gasteiger partial charge in [-0.25, -0.2) is 4.79 Å². The van der Waals surface area contributed by atoms with Crippen LogP contribution in [0, 0.1) is 0 Å². The van der Waals surface area contributed by atoms with Crippen LogP contribution < -0.4 is 0 Å². The predicted molar refractivity (Wildman–Crippen MR) is 211 cm³/mol. The van der Waals surface area contributed by atoms with E-state index in [4.69, 9.17) is 14.2 Å². The van der Waals surface area contributed by atoms with Gasteiger partial charge < -0.3 is 23.8 Å². The SMILES string of the molecule is CC/C=C/C/C=C/C/C=C/CCCCCCC(=O)OC(COCCC(C(=O)O)[N+](C)(C)C)COC(=O)CC/C=C/C/C=C/CCCCCCCC. The fraction of sp³-hybridized carbons (Fsp3) is 0.698. The van der Waals surface area contributed by atoms with Gasteiger partial charge >= 0.3 is 17.9 Å². The molecule has 0 fully saturated rings. The molecule has 0 aromatic heterocycles. The van der Waals surface area contributed by atoms with E-state index in [1.165, 1.54) is 38.5 Å². The van der Waals surface area contributed by atoms with Crippen molar-refractivity contribution in [2.75, 3.05) is 41.0 Å². The Labute approximate surface area is 311 Å². The van der Waals surface area contributed by atoms with E-state index in [9.17, 15) is 19.5 Å². The summed E-state index contributed by atoms with van der Waals surface area (Å²) in [7, 11) is 5.49. The van der Waals surface area contributed by atoms with Crippen LogP contribution in [0.5, 0.6) is 0 Å². The topological polar surface area (TPSA) is 99.1 Å². The maximum absolute atomic E-state index is 12.7. The van der Waals surface area contributed by atoms with Crippen molar-refractivity contribution >= 4 is 17.9 Å². The Bertz CT molecular complexity index is 1020. The number of likely N-dealkylation sites (N-methyl/N-ethyl adjacent to an activating group) is 1. The van der Waals surface area contributed by atoms with E-state index in [0.29, 0.717) is 19.3 Å². The number of carbonyl (C=O) groups excluding carboxylic acids is 2. The number of carboxylic acids is 1. The first-order chi connectivity index (χ1) is 24.6. The average molecular weight is 717 g/mol. The standard InChI is InChI=1S/C43H73NO7/c1-6-8-10-12-14-16-18-20-22-24-26-28-30-32-34-42(46)51-39(37-49-36-35-40(43(47)48)44(3,4)5)38-50-41(45)33-31-29-27-25-23-21-19-17-15-13-11-9-7-2/h8,10,14,16,20-23,27,29,39-40H,6-7,9,11-13,15,17-19,24-26,28,30-38H2,1-5H3/p+1/b10-8+,16-14+,22-20+,23-21+,29-27+. The molecule has 8 heteroatoms. The number of nitrogens with zero attached hydrogens (tertiary/aromatic N) is 1. The van der Waals surface area contributed by atoms with Crippen molar-refractivity contribution in [3.05, 3.63) is 60.8 Å². The van der Waals surface area contributed by atoms with E-state index in [1.54, 1.807) is 0 Å². The molecule has 0 aliphatic carbocycles. The first-order valence-electron chi connectivity index (χ1n) is 19.8. The van der Waals surface area contributed by atoms with Gasteiger partial charge in [0.1, 0.15) is 6.61 Å². The van der Waals surface area contributed by atoms with Crippen molar-refractivity contribution in [1.29, 1.82) is 0 Å². The van der Waals surface area contributed by atoms with Crippen LogP contribution in [0.2, 0.25) is 0 Å². The molecule has 0 rings (SSSR count). The molecule has 0 saturated carbocycles. The first kappa shape index (κ1) is 48.0. The minimum Gasteiger partial charge on any atom is -0.477 e. The van der Waals surface area contributed by atoms with E-state index >= 15 is 0 Å². The number of ether oxygens (including phenoxy) is 3. The maximum Gasteiger partial charge on any atom is 0.362 e. The summed E-state index contributed by atoms with van der Waals surface area (Å²) in [4.78, 5) is 36.8. The van der Waals surface area contributed by atoms with Crippen LogP contribution in [0.4, 0.5) is 0 Å². The number of carboxylic acid groups (broad SMARTS) is 1. The number of esters is 2. The fourth-order valence-corrected chi connectivity index (χ4v) is 5.33. The quantitative estimate of drug-likeness (QED) is 0.0306. The van der Waals surface area contributed by atoms with Crippen molar-refractivity contribution in [2.24, 2.45) is 0 Å². The van der Waals surface area contributed by atoms with Gasteiger partial charge in [0, 0.05) is 19.3 Å². The molecule has 2 unspecified atom stereocenters. The Kier molecular flexibility index (Phi) is 32.1. The highest BCUT2D eigenvalue weighted by molar-refractivity contribution is 5.72. The lowest BCUT2D eigenvalue weighted by atomic mass is 10.1. The van der Waals surface area contributed by atoms with E-state index in [1.807, 2.05) is 27.2 Å². The third-order valence-electron chi connectivity index (χ3n) is 8.41. The molecule has 0 aliphatic rings. The van der Waals surface area contributed by atoms with Crippen molar-refractivity contribution in [3.63, 3.8) is 0 Å². The Morgan fingerprint density at radius 1 is 0.608 bits per heavy atom. The van der Waals surface area contributed by atoms with Crippen LogP contribution >= 0.6 is 0 Å². The molecule has 51 heavy (non-hydrogen) atoms. The van der Waals surface area contributed by atoms with Crippen molar-refractivity contribution < 1.29 is 38.2 Å². The summed E-state index contributed by atoms with van der Waals surface area (Å²) in [5.41, 5.74) is 0. The second kappa shape index (κ2) is 34.1. The van der Waals surface area contributed by atoms with Gasteiger partial charge in [-0.15, -0.1) is 0 Å². The zero-order valence-electron chi connectivity index (χ0n) is 33.0. The normalized spacial score (nSPS) is 13.7. The molecule has 0 heterocycles. The average Bonchev–Trinajstić information content (AvgIpc) is 3.08. The molecule has 1 N–H and O–H groups in total. The highest BCUT2D eigenvalue weighted by Crippen LogP contribution is 2.12. The molecule has 8 nitrogen and oxygen atoms in total. The third kappa shape index (κ3) is 32.7. The largest absolute Gasteiger partial charge is 0.477 e. The highest BCUT2D eigenvalue weighted by Gasteiger charge is 2.31. The van der Waals surface area contributed by atoms with Crippen molar-refractivity contribution in [2.45, 2.75) is 154 Å². The molecule has 0 aromatic rings. The smallest absolute Gasteiger partial charge is 0.362 e. The van der Waals surface area contributed by atoms with Gasteiger partial charge in [-0.05, 0) is 64.2 Å². The van der Waals surface area contributed by atoms with E-state index in [2.05, 4.69) is 68.5 Å². The number of allylic oxidation sites excluding steroid dienone is 10. The molecule has 0 saturated heterocycles. The van der Waals surface area contributed by atoms with Gasteiger partial charge in [-0.3, -0.25) is 9.59 Å². The van der Waals surface area contributed by atoms with E-state index in [-0.39, 0.29) is 42.7 Å². The summed E-state index contributed by atoms with van der Waals surface area (Å²) in [5.74, 6) is -1.59. The minimum absolute atomic E-state index is 0.0322. The fourth-order valence-electron chi connectivity index (χ4n) is 5.33. The summed E-state index contributed by atoms with van der Waals surface area (Å²) in [6.07, 6.45) is 39.9. The molecular weight excluding hydrogens is 642 g/mol. The minimum atomic E-state index is -0.888. The molecule has 0 aromatic carbocycles. The van der Waals surface area contributed by atoms with E-state index in [0.717, 1.165) is 64.2 Å². The van der Waals surface area contributed by atoms with Gasteiger partial charge in [0.15, 0.2) is 12.1 Å². The second-order valence-electron chi connectivity index (χ2n) is 14.1. The third-order valence-corrected chi connectivity index (χ3v) is 8.41. The van der Waals surface area contributed by atoms with Crippen LogP contribution in [-0.2, 0) is 28.6 Å². The van der Waals surface area contributed by atoms with Crippen LogP contribution in [0.15, 0.2) is 60.8 Å². The number of unbranched alkanes of at least 4 members (excludes halogenated alkanes) is 10. The van der Waals surface area contributed by atoms with E-state index < -0.39 is 18.1 Å². The molecule has 2 atom stereocenters. The van der Waals surface area contributed by atoms with Gasteiger partial charge in [-0.1, -0.05) is 120 Å². The first-order valence-corrected chi connectivity index (χ1v) is 19.8. The Morgan fingerprint density at radius 3 is 1.71 bits per heavy atom. The zero-order valence-corrected chi connectivity index (χ0v) is 33.0. The summed E-state index contributed by atoms with van der Waals surface area (Å²) in [6, 6.07) is -0.627. The molecule has 0 spiro atoms. The summed E-state index contributed by atoms with van der Waals surface area (Å²) in [5, 5.41) is 9.59. The van der Waals surface area contributed by atoms with Gasteiger partial charge in [0.05, 0.1) is 34.4 Å². The lowest BCUT2D eigenvalue weighted by molar-refractivity contribution is -0.887. The lowest BCUT2D eigenvalue weighted by Gasteiger charge is -2.31. The zero-order chi connectivity index (χ0) is 37.8. The number of carbonyl (C=O) groups is 3. The Balaban J connectivity index is 4.54. The van der Waals surface area contributed by atoms with Crippen LogP contribution in [0.3, 0.4) is 0 Å². The number of quaternary nitrogens is 1. The molecule has 0 radical (unpaired) electrons. The summed E-state index contributed by atoms with van der Waals surface area (Å²) in [6.45, 7) is 4.50. The van der Waals surface area contributed by atoms with Gasteiger partial charge in [-0.2, -0.15) is 0 Å². The van der Waals surface area contributed by atoms with Crippen LogP contribution in [-0.4, -0.2) is 80.6 Å². The van der Waals surface area contributed by atoms with Crippen LogP contribution in [0.1, 0.15) is 142 Å². The number of aliphatic carboxylic acids is 1.